The molecule has 0 aliphatic heterocycles. The van der Waals surface area contributed by atoms with Gasteiger partial charge in [0.1, 0.15) is 0 Å². The molecule has 0 bridgehead atoms. The van der Waals surface area contributed by atoms with E-state index in [9.17, 15) is 9.59 Å². The Hall–Kier alpha value is -1.84. The van der Waals surface area contributed by atoms with Gasteiger partial charge in [-0.05, 0) is 24.3 Å². The Labute approximate surface area is 125 Å². The number of carbonyl (C=O) groups is 2. The standard InChI is InChI=1S/C17H23NO3/c1-10-6-5-7-11(8-10)14(17(2,3)4)18-15(19)12-9-13(12)16(20)21/h5-8,12-14H,9H2,1-4H3,(H,18,19)(H,20,21). The van der Waals surface area contributed by atoms with Gasteiger partial charge in [0.05, 0.1) is 17.9 Å². The molecule has 0 radical (unpaired) electrons. The van der Waals surface area contributed by atoms with Crippen molar-refractivity contribution in [3.63, 3.8) is 0 Å². The molecule has 3 atom stereocenters. The Kier molecular flexibility index (Phi) is 4.08. The predicted molar refractivity (Wildman–Crippen MR) is 80.8 cm³/mol. The highest BCUT2D eigenvalue weighted by Crippen LogP contribution is 2.40. The van der Waals surface area contributed by atoms with Gasteiger partial charge in [0.25, 0.3) is 0 Å². The molecule has 1 aromatic rings. The van der Waals surface area contributed by atoms with Gasteiger partial charge in [0, 0.05) is 0 Å². The third-order valence-corrected chi connectivity index (χ3v) is 3.97. The van der Waals surface area contributed by atoms with Crippen LogP contribution in [-0.2, 0) is 9.59 Å². The van der Waals surface area contributed by atoms with Gasteiger partial charge < -0.3 is 10.4 Å². The minimum atomic E-state index is -0.877. The van der Waals surface area contributed by atoms with E-state index in [0.29, 0.717) is 6.42 Å². The first-order valence-corrected chi connectivity index (χ1v) is 7.30. The van der Waals surface area contributed by atoms with Crippen LogP contribution in [0.25, 0.3) is 0 Å². The zero-order chi connectivity index (χ0) is 15.8. The molecule has 4 nitrogen and oxygen atoms in total. The summed E-state index contributed by atoms with van der Waals surface area (Å²) < 4.78 is 0. The lowest BCUT2D eigenvalue weighted by Gasteiger charge is -2.32. The molecule has 2 rings (SSSR count). The summed E-state index contributed by atoms with van der Waals surface area (Å²) in [6, 6.07) is 7.95. The number of amides is 1. The number of rotatable bonds is 4. The monoisotopic (exact) mass is 289 g/mol. The highest BCUT2D eigenvalue weighted by Gasteiger charge is 2.49. The van der Waals surface area contributed by atoms with Gasteiger partial charge in [-0.1, -0.05) is 50.6 Å². The number of carbonyl (C=O) groups excluding carboxylic acids is 1. The highest BCUT2D eigenvalue weighted by atomic mass is 16.4. The lowest BCUT2D eigenvalue weighted by molar-refractivity contribution is -0.140. The third-order valence-electron chi connectivity index (χ3n) is 3.97. The van der Waals surface area contributed by atoms with Crippen LogP contribution in [0.2, 0.25) is 0 Å². The van der Waals surface area contributed by atoms with E-state index in [4.69, 9.17) is 5.11 Å². The first-order valence-electron chi connectivity index (χ1n) is 7.30. The molecule has 1 aliphatic carbocycles. The molecule has 1 saturated carbocycles. The van der Waals surface area contributed by atoms with Crippen LogP contribution < -0.4 is 5.32 Å². The maximum Gasteiger partial charge on any atom is 0.307 e. The summed E-state index contributed by atoms with van der Waals surface area (Å²) in [7, 11) is 0. The summed E-state index contributed by atoms with van der Waals surface area (Å²) >= 11 is 0. The zero-order valence-electron chi connectivity index (χ0n) is 13.0. The molecule has 1 aliphatic rings. The first-order chi connectivity index (χ1) is 9.70. The smallest absolute Gasteiger partial charge is 0.307 e. The highest BCUT2D eigenvalue weighted by molar-refractivity contribution is 5.89. The second-order valence-corrected chi connectivity index (χ2v) is 7.01. The number of carboxylic acids is 1. The Bertz CT molecular complexity index is 559. The zero-order valence-corrected chi connectivity index (χ0v) is 13.0. The molecule has 2 N–H and O–H groups in total. The number of nitrogens with one attached hydrogen (secondary N) is 1. The van der Waals surface area contributed by atoms with E-state index >= 15 is 0 Å². The molecule has 114 valence electrons. The summed E-state index contributed by atoms with van der Waals surface area (Å²) in [4.78, 5) is 23.2. The van der Waals surface area contributed by atoms with E-state index in [-0.39, 0.29) is 23.3 Å². The average molecular weight is 289 g/mol. The molecule has 3 unspecified atom stereocenters. The summed E-state index contributed by atoms with van der Waals surface area (Å²) in [5.74, 6) is -1.91. The lowest BCUT2D eigenvalue weighted by atomic mass is 9.82. The normalized spacial score (nSPS) is 22.5. The molecule has 0 saturated heterocycles. The topological polar surface area (TPSA) is 66.4 Å². The molecule has 21 heavy (non-hydrogen) atoms. The summed E-state index contributed by atoms with van der Waals surface area (Å²) in [6.45, 7) is 8.23. The van der Waals surface area contributed by atoms with E-state index in [1.165, 1.54) is 0 Å². The maximum atomic E-state index is 12.3. The van der Waals surface area contributed by atoms with E-state index in [1.54, 1.807) is 0 Å². The van der Waals surface area contributed by atoms with Gasteiger partial charge in [-0.2, -0.15) is 0 Å². The predicted octanol–water partition coefficient (Wildman–Crippen LogP) is 2.92. The molecule has 1 amide bonds. The second kappa shape index (κ2) is 5.51. The largest absolute Gasteiger partial charge is 0.481 e. The van der Waals surface area contributed by atoms with E-state index in [2.05, 4.69) is 32.2 Å². The minimum absolute atomic E-state index is 0.125. The molecule has 1 aromatic carbocycles. The first kappa shape index (κ1) is 15.5. The number of hydrogen-bond donors (Lipinski definition) is 2. The van der Waals surface area contributed by atoms with Gasteiger partial charge >= 0.3 is 5.97 Å². The Morgan fingerprint density at radius 2 is 1.95 bits per heavy atom. The summed E-state index contributed by atoms with van der Waals surface area (Å²) in [5, 5.41) is 12.0. The summed E-state index contributed by atoms with van der Waals surface area (Å²) in [5.41, 5.74) is 2.06. The SMILES string of the molecule is Cc1cccc(C(NC(=O)C2CC2C(=O)O)C(C)(C)C)c1. The fourth-order valence-corrected chi connectivity index (χ4v) is 2.66. The van der Waals surface area contributed by atoms with Crippen molar-refractivity contribution >= 4 is 11.9 Å². The van der Waals surface area contributed by atoms with Crippen molar-refractivity contribution in [3.05, 3.63) is 35.4 Å². The summed E-state index contributed by atoms with van der Waals surface area (Å²) in [6.07, 6.45) is 0.450. The molecule has 1 fully saturated rings. The molecular weight excluding hydrogens is 266 g/mol. The maximum absolute atomic E-state index is 12.3. The van der Waals surface area contributed by atoms with Crippen LogP contribution in [0.3, 0.4) is 0 Å². The van der Waals surface area contributed by atoms with Crippen LogP contribution in [0.4, 0.5) is 0 Å². The van der Waals surface area contributed by atoms with Gasteiger partial charge in [0.2, 0.25) is 5.91 Å². The van der Waals surface area contributed by atoms with Crippen LogP contribution in [0.1, 0.15) is 44.4 Å². The fourth-order valence-electron chi connectivity index (χ4n) is 2.66. The number of carboxylic acid groups (broad SMARTS) is 1. The van der Waals surface area contributed by atoms with Crippen LogP contribution in [0.5, 0.6) is 0 Å². The Morgan fingerprint density at radius 1 is 1.29 bits per heavy atom. The van der Waals surface area contributed by atoms with Gasteiger partial charge in [-0.3, -0.25) is 9.59 Å². The number of hydrogen-bond acceptors (Lipinski definition) is 2. The number of benzene rings is 1. The van der Waals surface area contributed by atoms with Crippen molar-refractivity contribution in [2.24, 2.45) is 17.3 Å². The van der Waals surface area contributed by atoms with Crippen LogP contribution in [0.15, 0.2) is 24.3 Å². The van der Waals surface area contributed by atoms with Crippen molar-refractivity contribution in [1.82, 2.24) is 5.32 Å². The van der Waals surface area contributed by atoms with Gasteiger partial charge in [-0.15, -0.1) is 0 Å². The molecule has 0 aromatic heterocycles. The fraction of sp³-hybridized carbons (Fsp3) is 0.529. The van der Waals surface area contributed by atoms with Gasteiger partial charge in [-0.25, -0.2) is 0 Å². The number of aliphatic carboxylic acids is 1. The Balaban J connectivity index is 2.15. The number of aryl methyl sites for hydroxylation is 1. The van der Waals surface area contributed by atoms with Crippen LogP contribution in [0, 0.1) is 24.2 Å². The van der Waals surface area contributed by atoms with Crippen molar-refractivity contribution < 1.29 is 14.7 Å². The second-order valence-electron chi connectivity index (χ2n) is 7.01. The quantitative estimate of drug-likeness (QED) is 0.895. The van der Waals surface area contributed by atoms with Crippen LogP contribution >= 0.6 is 0 Å². The lowest BCUT2D eigenvalue weighted by Crippen LogP contribution is -2.38. The van der Waals surface area contributed by atoms with Crippen molar-refractivity contribution in [2.75, 3.05) is 0 Å². The van der Waals surface area contributed by atoms with Crippen LogP contribution in [-0.4, -0.2) is 17.0 Å². The Morgan fingerprint density at radius 3 is 2.43 bits per heavy atom. The average Bonchev–Trinajstić information content (AvgIpc) is 3.14. The van der Waals surface area contributed by atoms with E-state index in [0.717, 1.165) is 11.1 Å². The van der Waals surface area contributed by atoms with Crippen molar-refractivity contribution in [3.8, 4) is 0 Å². The molecule has 4 heteroatoms. The van der Waals surface area contributed by atoms with Crippen molar-refractivity contribution in [1.29, 1.82) is 0 Å². The van der Waals surface area contributed by atoms with Gasteiger partial charge in [0.15, 0.2) is 0 Å². The third kappa shape index (κ3) is 3.63. The molecule has 0 spiro atoms. The van der Waals surface area contributed by atoms with Crippen molar-refractivity contribution in [2.45, 2.75) is 40.2 Å². The molecule has 0 heterocycles. The van der Waals surface area contributed by atoms with E-state index < -0.39 is 11.9 Å². The minimum Gasteiger partial charge on any atom is -0.481 e. The van der Waals surface area contributed by atoms with E-state index in [1.807, 2.05) is 25.1 Å². The molecular formula is C17H23NO3.